The van der Waals surface area contributed by atoms with Gasteiger partial charge >= 0.3 is 6.03 Å². The predicted octanol–water partition coefficient (Wildman–Crippen LogP) is -1.94. The summed E-state index contributed by atoms with van der Waals surface area (Å²) in [6, 6.07) is -0.625. The van der Waals surface area contributed by atoms with E-state index < -0.39 is 18.0 Å². The Kier molecular flexibility index (Phi) is 4.24. The van der Waals surface area contributed by atoms with Crippen LogP contribution in [-0.2, 0) is 9.59 Å². The Morgan fingerprint density at radius 3 is 2.70 bits per heavy atom. The lowest BCUT2D eigenvalue weighted by atomic mass is 10.2. The molecular weight excluding hydrogens is 264 g/mol. The summed E-state index contributed by atoms with van der Waals surface area (Å²) in [6.07, 6.45) is -0.0311. The lowest BCUT2D eigenvalue weighted by Crippen LogP contribution is -2.47. The number of imide groups is 1. The maximum absolute atomic E-state index is 12.3. The summed E-state index contributed by atoms with van der Waals surface area (Å²) in [5.74, 6) is -0.703. The van der Waals surface area contributed by atoms with Gasteiger partial charge < -0.3 is 20.2 Å². The van der Waals surface area contributed by atoms with Crippen molar-refractivity contribution >= 4 is 17.8 Å². The molecule has 2 rings (SSSR count). The van der Waals surface area contributed by atoms with Gasteiger partial charge in [0.25, 0.3) is 5.91 Å². The Hall–Kier alpha value is -1.67. The van der Waals surface area contributed by atoms with Gasteiger partial charge in [-0.2, -0.15) is 0 Å². The first-order chi connectivity index (χ1) is 9.38. The van der Waals surface area contributed by atoms with E-state index >= 15 is 0 Å². The van der Waals surface area contributed by atoms with Crippen molar-refractivity contribution in [2.24, 2.45) is 0 Å². The molecule has 8 heteroatoms. The number of carbonyl (C=O) groups is 3. The Labute approximate surface area is 117 Å². The zero-order valence-electron chi connectivity index (χ0n) is 11.7. The average molecular weight is 284 g/mol. The van der Waals surface area contributed by atoms with Crippen LogP contribution in [0.1, 0.15) is 6.42 Å². The number of rotatable bonds is 4. The molecule has 2 unspecified atom stereocenters. The molecule has 8 nitrogen and oxygen atoms in total. The molecule has 0 aromatic carbocycles. The fourth-order valence-electron chi connectivity index (χ4n) is 2.63. The molecular formula is C12H20N4O4. The van der Waals surface area contributed by atoms with Crippen molar-refractivity contribution in [3.05, 3.63) is 0 Å². The summed E-state index contributed by atoms with van der Waals surface area (Å²) in [7, 11) is 3.79. The van der Waals surface area contributed by atoms with E-state index in [-0.39, 0.29) is 31.6 Å². The van der Waals surface area contributed by atoms with Crippen LogP contribution in [0.4, 0.5) is 4.79 Å². The van der Waals surface area contributed by atoms with Crippen molar-refractivity contribution in [1.29, 1.82) is 0 Å². The number of nitrogens with one attached hydrogen (secondary N) is 1. The van der Waals surface area contributed by atoms with Crippen molar-refractivity contribution in [2.45, 2.75) is 18.6 Å². The van der Waals surface area contributed by atoms with E-state index in [0.717, 1.165) is 4.90 Å². The van der Waals surface area contributed by atoms with Crippen LogP contribution < -0.4 is 5.32 Å². The number of amides is 4. The first-order valence-electron chi connectivity index (χ1n) is 6.59. The maximum atomic E-state index is 12.3. The van der Waals surface area contributed by atoms with Gasteiger partial charge in [0.15, 0.2) is 0 Å². The van der Waals surface area contributed by atoms with Crippen molar-refractivity contribution in [1.82, 2.24) is 20.0 Å². The normalized spacial score (nSPS) is 26.6. The molecule has 0 spiro atoms. The monoisotopic (exact) mass is 284 g/mol. The van der Waals surface area contributed by atoms with Gasteiger partial charge in [0.1, 0.15) is 6.54 Å². The summed E-state index contributed by atoms with van der Waals surface area (Å²) in [4.78, 5) is 39.6. The van der Waals surface area contributed by atoms with E-state index in [9.17, 15) is 19.5 Å². The molecule has 2 atom stereocenters. The second kappa shape index (κ2) is 5.76. The molecule has 112 valence electrons. The average Bonchev–Trinajstić information content (AvgIpc) is 2.85. The molecule has 0 aromatic rings. The van der Waals surface area contributed by atoms with E-state index in [4.69, 9.17) is 0 Å². The van der Waals surface area contributed by atoms with E-state index in [1.54, 1.807) is 4.90 Å². The number of hydrogen-bond acceptors (Lipinski definition) is 5. The van der Waals surface area contributed by atoms with Crippen molar-refractivity contribution in [3.63, 3.8) is 0 Å². The number of hydrogen-bond donors (Lipinski definition) is 2. The van der Waals surface area contributed by atoms with Gasteiger partial charge in [-0.25, -0.2) is 4.79 Å². The van der Waals surface area contributed by atoms with Crippen LogP contribution in [0.5, 0.6) is 0 Å². The van der Waals surface area contributed by atoms with Crippen LogP contribution in [0.2, 0.25) is 0 Å². The van der Waals surface area contributed by atoms with Crippen LogP contribution in [0, 0.1) is 0 Å². The molecule has 20 heavy (non-hydrogen) atoms. The van der Waals surface area contributed by atoms with Crippen LogP contribution >= 0.6 is 0 Å². The van der Waals surface area contributed by atoms with Gasteiger partial charge in [0.05, 0.1) is 12.6 Å². The number of likely N-dealkylation sites (N-methyl/N-ethyl adjacent to an activating group) is 1. The first-order valence-corrected chi connectivity index (χ1v) is 6.59. The number of carbonyl (C=O) groups excluding carboxylic acids is 3. The molecule has 2 fully saturated rings. The van der Waals surface area contributed by atoms with Gasteiger partial charge in [-0.1, -0.05) is 0 Å². The van der Waals surface area contributed by atoms with Gasteiger partial charge in [-0.15, -0.1) is 0 Å². The molecule has 4 amide bonds. The number of urea groups is 1. The predicted molar refractivity (Wildman–Crippen MR) is 69.8 cm³/mol. The highest BCUT2D eigenvalue weighted by Gasteiger charge is 2.37. The Balaban J connectivity index is 2.00. The minimum absolute atomic E-state index is 0.0597. The molecule has 2 aliphatic rings. The summed E-state index contributed by atoms with van der Waals surface area (Å²) in [5, 5.41) is 12.1. The third kappa shape index (κ3) is 3.07. The number of aliphatic hydroxyl groups is 1. The molecule has 2 heterocycles. The van der Waals surface area contributed by atoms with Crippen LogP contribution in [0.15, 0.2) is 0 Å². The van der Waals surface area contributed by atoms with Crippen molar-refractivity contribution in [3.8, 4) is 0 Å². The molecule has 2 N–H and O–H groups in total. The Morgan fingerprint density at radius 1 is 1.45 bits per heavy atom. The highest BCUT2D eigenvalue weighted by molar-refractivity contribution is 6.04. The second-order valence-corrected chi connectivity index (χ2v) is 5.49. The Bertz CT molecular complexity index is 410. The van der Waals surface area contributed by atoms with Gasteiger partial charge in [0, 0.05) is 19.1 Å². The van der Waals surface area contributed by atoms with E-state index in [0.29, 0.717) is 13.0 Å². The molecule has 0 aliphatic carbocycles. The molecule has 0 saturated carbocycles. The molecule has 0 aromatic heterocycles. The number of likely N-dealkylation sites (tertiary alicyclic amines) is 1. The van der Waals surface area contributed by atoms with Crippen LogP contribution in [0.25, 0.3) is 0 Å². The molecule has 0 radical (unpaired) electrons. The number of β-amino-alcohol motifs (C(OH)–C–C–N with tert-alkyl or cyclic N) is 1. The van der Waals surface area contributed by atoms with Crippen LogP contribution in [-0.4, -0.2) is 90.1 Å². The van der Waals surface area contributed by atoms with E-state index in [2.05, 4.69) is 5.32 Å². The Morgan fingerprint density at radius 2 is 2.15 bits per heavy atom. The van der Waals surface area contributed by atoms with Gasteiger partial charge in [-0.3, -0.25) is 14.5 Å². The molecule has 2 saturated heterocycles. The smallest absolute Gasteiger partial charge is 0.325 e. The minimum atomic E-state index is -0.549. The minimum Gasteiger partial charge on any atom is -0.391 e. The third-order valence-electron chi connectivity index (χ3n) is 3.52. The van der Waals surface area contributed by atoms with Crippen molar-refractivity contribution in [2.75, 3.05) is 40.3 Å². The first kappa shape index (κ1) is 14.7. The standard InChI is InChI=1S/C12H20N4O4/c1-14(2)5-8-3-9(17)6-15(8)11(19)7-16-10(18)4-13-12(16)20/h8-9,17H,3-7H2,1-2H3,(H,13,20). The third-order valence-corrected chi connectivity index (χ3v) is 3.52. The van der Waals surface area contributed by atoms with E-state index in [1.165, 1.54) is 0 Å². The second-order valence-electron chi connectivity index (χ2n) is 5.49. The molecule has 2 aliphatic heterocycles. The largest absolute Gasteiger partial charge is 0.391 e. The van der Waals surface area contributed by atoms with Gasteiger partial charge in [0.2, 0.25) is 5.91 Å². The fourth-order valence-corrected chi connectivity index (χ4v) is 2.63. The topological polar surface area (TPSA) is 93.2 Å². The maximum Gasteiger partial charge on any atom is 0.325 e. The quantitative estimate of drug-likeness (QED) is 0.586. The number of nitrogens with zero attached hydrogens (tertiary/aromatic N) is 3. The lowest BCUT2D eigenvalue weighted by molar-refractivity contribution is -0.137. The van der Waals surface area contributed by atoms with E-state index in [1.807, 2.05) is 19.0 Å². The summed E-state index contributed by atoms with van der Waals surface area (Å²) >= 11 is 0. The highest BCUT2D eigenvalue weighted by atomic mass is 16.3. The lowest BCUT2D eigenvalue weighted by Gasteiger charge is -2.27. The summed E-state index contributed by atoms with van der Waals surface area (Å²) in [6.45, 7) is 0.571. The number of aliphatic hydroxyl groups excluding tert-OH is 1. The zero-order chi connectivity index (χ0) is 14.9. The highest BCUT2D eigenvalue weighted by Crippen LogP contribution is 2.19. The van der Waals surface area contributed by atoms with Crippen molar-refractivity contribution < 1.29 is 19.5 Å². The van der Waals surface area contributed by atoms with Crippen LogP contribution in [0.3, 0.4) is 0 Å². The summed E-state index contributed by atoms with van der Waals surface area (Å²) in [5.41, 5.74) is 0. The summed E-state index contributed by atoms with van der Waals surface area (Å²) < 4.78 is 0. The zero-order valence-corrected chi connectivity index (χ0v) is 11.7. The fraction of sp³-hybridized carbons (Fsp3) is 0.750. The SMILES string of the molecule is CN(C)CC1CC(O)CN1C(=O)CN1C(=O)CNC1=O. The molecule has 0 bridgehead atoms. The van der Waals surface area contributed by atoms with Gasteiger partial charge in [-0.05, 0) is 20.5 Å².